The minimum atomic E-state index is -0.114. The lowest BCUT2D eigenvalue weighted by Crippen LogP contribution is -2.46. The Balaban J connectivity index is 2.05. The van der Waals surface area contributed by atoms with Gasteiger partial charge in [0.05, 0.1) is 25.5 Å². The van der Waals surface area contributed by atoms with Crippen LogP contribution in [0.3, 0.4) is 0 Å². The predicted octanol–water partition coefficient (Wildman–Crippen LogP) is 3.07. The molecule has 1 saturated heterocycles. The maximum absolute atomic E-state index is 13.0. The molecule has 0 bridgehead atoms. The molecule has 0 saturated carbocycles. The van der Waals surface area contributed by atoms with E-state index < -0.39 is 0 Å². The average molecular weight is 364 g/mol. The highest BCUT2D eigenvalue weighted by atomic mass is 16.5. The van der Waals surface area contributed by atoms with Gasteiger partial charge in [0.25, 0.3) is 0 Å². The van der Waals surface area contributed by atoms with Gasteiger partial charge in [-0.3, -0.25) is 9.59 Å². The van der Waals surface area contributed by atoms with Gasteiger partial charge in [0.1, 0.15) is 5.76 Å². The zero-order valence-corrected chi connectivity index (χ0v) is 16.3. The fraction of sp³-hybridized carbons (Fsp3) is 0.700. The first-order valence-electron chi connectivity index (χ1n) is 9.71. The molecule has 2 heterocycles. The summed E-state index contributed by atoms with van der Waals surface area (Å²) in [5, 5.41) is 0. The fourth-order valence-corrected chi connectivity index (χ4v) is 3.12. The van der Waals surface area contributed by atoms with Crippen LogP contribution >= 0.6 is 0 Å². The number of unbranched alkanes of at least 4 members (excludes halogenated alkanes) is 1. The van der Waals surface area contributed by atoms with Crippen LogP contribution in [0.15, 0.2) is 22.8 Å². The van der Waals surface area contributed by atoms with Crippen LogP contribution in [-0.2, 0) is 20.9 Å². The van der Waals surface area contributed by atoms with Crippen LogP contribution < -0.4 is 0 Å². The van der Waals surface area contributed by atoms with Crippen molar-refractivity contribution in [2.45, 2.75) is 59.1 Å². The van der Waals surface area contributed by atoms with Crippen LogP contribution in [0, 0.1) is 5.92 Å². The molecule has 0 unspecified atom stereocenters. The second-order valence-electron chi connectivity index (χ2n) is 7.26. The van der Waals surface area contributed by atoms with Gasteiger partial charge in [-0.25, -0.2) is 0 Å². The van der Waals surface area contributed by atoms with Crippen LogP contribution in [-0.4, -0.2) is 54.0 Å². The van der Waals surface area contributed by atoms with Crippen LogP contribution in [0.2, 0.25) is 0 Å². The summed E-state index contributed by atoms with van der Waals surface area (Å²) >= 11 is 0. The van der Waals surface area contributed by atoms with E-state index in [0.717, 1.165) is 38.1 Å². The normalized spacial score (nSPS) is 16.8. The monoisotopic (exact) mass is 364 g/mol. The molecule has 1 aliphatic heterocycles. The van der Waals surface area contributed by atoms with Gasteiger partial charge in [0, 0.05) is 25.6 Å². The molecule has 0 aliphatic carbocycles. The van der Waals surface area contributed by atoms with Crippen molar-refractivity contribution in [3.8, 4) is 0 Å². The zero-order chi connectivity index (χ0) is 18.9. The molecule has 26 heavy (non-hydrogen) atoms. The number of nitrogens with zero attached hydrogens (tertiary/aromatic N) is 2. The maximum Gasteiger partial charge on any atom is 0.242 e. The average Bonchev–Trinajstić information content (AvgIpc) is 3.31. The topological polar surface area (TPSA) is 63.0 Å². The van der Waals surface area contributed by atoms with Gasteiger partial charge in [-0.15, -0.1) is 0 Å². The Morgan fingerprint density at radius 3 is 2.69 bits per heavy atom. The summed E-state index contributed by atoms with van der Waals surface area (Å²) in [6.07, 6.45) is 5.56. The maximum atomic E-state index is 13.0. The SMILES string of the molecule is CCCCN(CC(=O)N(Cc1ccco1)C[C@H]1CCCO1)C(=O)C(C)C. The van der Waals surface area contributed by atoms with Crippen molar-refractivity contribution in [3.05, 3.63) is 24.2 Å². The number of hydrogen-bond donors (Lipinski definition) is 0. The lowest BCUT2D eigenvalue weighted by Gasteiger charge is -2.29. The number of amides is 2. The smallest absolute Gasteiger partial charge is 0.242 e. The molecule has 0 aromatic carbocycles. The van der Waals surface area contributed by atoms with Gasteiger partial charge >= 0.3 is 0 Å². The summed E-state index contributed by atoms with van der Waals surface area (Å²) in [6.45, 7) is 8.26. The number of carbonyl (C=O) groups excluding carboxylic acids is 2. The van der Waals surface area contributed by atoms with Gasteiger partial charge in [0.2, 0.25) is 11.8 Å². The third-order valence-corrected chi connectivity index (χ3v) is 4.64. The molecule has 1 aliphatic rings. The number of rotatable bonds is 10. The van der Waals surface area contributed by atoms with Crippen molar-refractivity contribution in [2.75, 3.05) is 26.2 Å². The molecule has 146 valence electrons. The lowest BCUT2D eigenvalue weighted by atomic mass is 10.1. The van der Waals surface area contributed by atoms with Gasteiger partial charge in [-0.05, 0) is 31.4 Å². The molecule has 1 aromatic rings. The minimum absolute atomic E-state index is 0.0295. The van der Waals surface area contributed by atoms with Gasteiger partial charge in [-0.2, -0.15) is 0 Å². The number of ether oxygens (including phenoxy) is 1. The third kappa shape index (κ3) is 6.16. The molecular weight excluding hydrogens is 332 g/mol. The van der Waals surface area contributed by atoms with Gasteiger partial charge in [-0.1, -0.05) is 27.2 Å². The van der Waals surface area contributed by atoms with Crippen LogP contribution in [0.5, 0.6) is 0 Å². The first-order valence-corrected chi connectivity index (χ1v) is 9.71. The molecule has 1 atom stereocenters. The Labute approximate surface area is 156 Å². The largest absolute Gasteiger partial charge is 0.467 e. The van der Waals surface area contributed by atoms with E-state index >= 15 is 0 Å². The van der Waals surface area contributed by atoms with E-state index in [1.165, 1.54) is 0 Å². The highest BCUT2D eigenvalue weighted by molar-refractivity contribution is 5.85. The van der Waals surface area contributed by atoms with E-state index in [9.17, 15) is 9.59 Å². The van der Waals surface area contributed by atoms with E-state index in [0.29, 0.717) is 19.6 Å². The molecule has 0 radical (unpaired) electrons. The van der Waals surface area contributed by atoms with Crippen LogP contribution in [0.1, 0.15) is 52.2 Å². The minimum Gasteiger partial charge on any atom is -0.467 e. The zero-order valence-electron chi connectivity index (χ0n) is 16.3. The van der Waals surface area contributed by atoms with Crippen LogP contribution in [0.4, 0.5) is 0 Å². The second kappa shape index (κ2) is 10.4. The highest BCUT2D eigenvalue weighted by Crippen LogP contribution is 2.16. The number of furan rings is 1. The summed E-state index contributed by atoms with van der Waals surface area (Å²) in [5.74, 6) is 0.604. The highest BCUT2D eigenvalue weighted by Gasteiger charge is 2.26. The Hall–Kier alpha value is -1.82. The van der Waals surface area contributed by atoms with Crippen molar-refractivity contribution >= 4 is 11.8 Å². The number of hydrogen-bond acceptors (Lipinski definition) is 4. The molecule has 6 nitrogen and oxygen atoms in total. The molecule has 0 spiro atoms. The first-order chi connectivity index (χ1) is 12.5. The molecule has 0 N–H and O–H groups in total. The van der Waals surface area contributed by atoms with E-state index in [1.807, 2.05) is 26.0 Å². The predicted molar refractivity (Wildman–Crippen MR) is 99.4 cm³/mol. The van der Waals surface area contributed by atoms with E-state index in [1.54, 1.807) is 16.1 Å². The van der Waals surface area contributed by atoms with Crippen molar-refractivity contribution in [3.63, 3.8) is 0 Å². The number of carbonyl (C=O) groups is 2. The quantitative estimate of drug-likeness (QED) is 0.640. The van der Waals surface area contributed by atoms with E-state index in [-0.39, 0.29) is 30.4 Å². The van der Waals surface area contributed by atoms with E-state index in [4.69, 9.17) is 9.15 Å². The molecule has 2 rings (SSSR count). The Morgan fingerprint density at radius 2 is 2.12 bits per heavy atom. The molecular formula is C20H32N2O4. The molecule has 6 heteroatoms. The summed E-state index contributed by atoms with van der Waals surface area (Å²) < 4.78 is 11.1. The molecule has 2 amide bonds. The van der Waals surface area contributed by atoms with Crippen molar-refractivity contribution < 1.29 is 18.7 Å². The van der Waals surface area contributed by atoms with Crippen molar-refractivity contribution in [1.82, 2.24) is 9.80 Å². The summed E-state index contributed by atoms with van der Waals surface area (Å²) in [7, 11) is 0. The standard InChI is InChI=1S/C20H32N2O4/c1-4-5-10-21(20(24)16(2)3)15-19(23)22(13-17-8-6-11-25-17)14-18-9-7-12-26-18/h6,8,11,16,18H,4-5,7,9-10,12-15H2,1-3H3/t18-/m1/s1. The third-order valence-electron chi connectivity index (χ3n) is 4.64. The Bertz CT molecular complexity index is 550. The Morgan fingerprint density at radius 1 is 1.31 bits per heavy atom. The van der Waals surface area contributed by atoms with Gasteiger partial charge in [0.15, 0.2) is 0 Å². The molecule has 1 fully saturated rings. The van der Waals surface area contributed by atoms with Crippen LogP contribution in [0.25, 0.3) is 0 Å². The first kappa shape index (κ1) is 20.5. The van der Waals surface area contributed by atoms with E-state index in [2.05, 4.69) is 6.92 Å². The fourth-order valence-electron chi connectivity index (χ4n) is 3.12. The summed E-state index contributed by atoms with van der Waals surface area (Å²) in [4.78, 5) is 28.9. The summed E-state index contributed by atoms with van der Waals surface area (Å²) in [6, 6.07) is 3.68. The lowest BCUT2D eigenvalue weighted by molar-refractivity contribution is -0.143. The Kier molecular flexibility index (Phi) is 8.16. The molecule has 1 aromatic heterocycles. The van der Waals surface area contributed by atoms with Crippen molar-refractivity contribution in [1.29, 1.82) is 0 Å². The van der Waals surface area contributed by atoms with Gasteiger partial charge < -0.3 is 19.0 Å². The van der Waals surface area contributed by atoms with Crippen molar-refractivity contribution in [2.24, 2.45) is 5.92 Å². The second-order valence-corrected chi connectivity index (χ2v) is 7.26. The summed E-state index contributed by atoms with van der Waals surface area (Å²) in [5.41, 5.74) is 0.